The van der Waals surface area contributed by atoms with Crippen molar-refractivity contribution in [2.45, 2.75) is 26.7 Å². The highest BCUT2D eigenvalue weighted by atomic mass is 32.2. The first kappa shape index (κ1) is 20.4. The Morgan fingerprint density at radius 2 is 1.82 bits per heavy atom. The van der Waals surface area contributed by atoms with Crippen molar-refractivity contribution in [1.29, 1.82) is 0 Å². The molecule has 0 radical (unpaired) electrons. The van der Waals surface area contributed by atoms with Crippen molar-refractivity contribution in [3.63, 3.8) is 0 Å². The monoisotopic (exact) mass is 436 g/mol. The van der Waals surface area contributed by atoms with Gasteiger partial charge in [0.15, 0.2) is 5.13 Å². The van der Waals surface area contributed by atoms with Gasteiger partial charge in [-0.15, -0.1) is 22.7 Å². The molecule has 0 atom stereocenters. The third-order valence-corrected chi connectivity index (χ3v) is 6.54. The molecule has 2 aromatic heterocycles. The summed E-state index contributed by atoms with van der Waals surface area (Å²) < 4.78 is 25.0. The van der Waals surface area contributed by atoms with Crippen LogP contribution in [0.5, 0.6) is 0 Å². The molecular formula is C18H20N4O3S3. The fourth-order valence-corrected chi connectivity index (χ4v) is 4.66. The van der Waals surface area contributed by atoms with Crippen molar-refractivity contribution < 1.29 is 13.2 Å². The van der Waals surface area contributed by atoms with E-state index in [2.05, 4.69) is 20.0 Å². The van der Waals surface area contributed by atoms with E-state index >= 15 is 0 Å². The Balaban J connectivity index is 1.73. The number of nitrogens with zero attached hydrogens (tertiary/aromatic N) is 2. The molecule has 0 unspecified atom stereocenters. The Morgan fingerprint density at radius 3 is 2.39 bits per heavy atom. The second-order valence-electron chi connectivity index (χ2n) is 6.56. The van der Waals surface area contributed by atoms with Crippen LogP contribution in [-0.2, 0) is 10.0 Å². The number of hydrogen-bond donors (Lipinski definition) is 2. The van der Waals surface area contributed by atoms with Crippen LogP contribution in [0, 0.1) is 6.92 Å². The van der Waals surface area contributed by atoms with Gasteiger partial charge in [0.25, 0.3) is 5.91 Å². The molecule has 0 aliphatic carbocycles. The number of rotatable bonds is 6. The number of carbonyl (C=O) groups excluding carboxylic acids is 1. The quantitative estimate of drug-likeness (QED) is 0.599. The number of amides is 1. The summed E-state index contributed by atoms with van der Waals surface area (Å²) >= 11 is 2.73. The van der Waals surface area contributed by atoms with E-state index < -0.39 is 10.0 Å². The molecular weight excluding hydrogens is 416 g/mol. The summed E-state index contributed by atoms with van der Waals surface area (Å²) in [6.07, 6.45) is 1.10. The molecule has 0 bridgehead atoms. The second-order valence-corrected chi connectivity index (χ2v) is 10.2. The van der Waals surface area contributed by atoms with Gasteiger partial charge < -0.3 is 0 Å². The van der Waals surface area contributed by atoms with E-state index in [1.165, 1.54) is 22.7 Å². The smallest absolute Gasteiger partial charge is 0.269 e. The molecule has 2 heterocycles. The minimum absolute atomic E-state index is 0.212. The molecule has 0 aliphatic rings. The number of carbonyl (C=O) groups is 1. The Morgan fingerprint density at radius 1 is 1.14 bits per heavy atom. The van der Waals surface area contributed by atoms with Crippen LogP contribution in [0.15, 0.2) is 29.6 Å². The summed E-state index contributed by atoms with van der Waals surface area (Å²) in [5.74, 6) is 0.0624. The highest BCUT2D eigenvalue weighted by molar-refractivity contribution is 7.92. The van der Waals surface area contributed by atoms with Crippen molar-refractivity contribution in [3.05, 3.63) is 45.2 Å². The number of benzene rings is 1. The number of aromatic nitrogens is 2. The van der Waals surface area contributed by atoms with E-state index in [1.807, 2.05) is 26.2 Å². The number of thiazole rings is 2. The molecule has 0 spiro atoms. The van der Waals surface area contributed by atoms with Crippen LogP contribution >= 0.6 is 22.7 Å². The fourth-order valence-electron chi connectivity index (χ4n) is 2.42. The van der Waals surface area contributed by atoms with E-state index in [4.69, 9.17) is 0 Å². The molecule has 148 valence electrons. The summed E-state index contributed by atoms with van der Waals surface area (Å²) in [6, 6.07) is 6.89. The highest BCUT2D eigenvalue weighted by Gasteiger charge is 2.18. The average molecular weight is 437 g/mol. The first-order chi connectivity index (χ1) is 13.1. The fraction of sp³-hybridized carbons (Fsp3) is 0.278. The molecule has 10 heteroatoms. The van der Waals surface area contributed by atoms with Gasteiger partial charge in [0.05, 0.1) is 22.7 Å². The number of nitrogens with one attached hydrogen (secondary N) is 2. The number of aryl methyl sites for hydroxylation is 1. The van der Waals surface area contributed by atoms with E-state index in [1.54, 1.807) is 24.3 Å². The first-order valence-electron chi connectivity index (χ1n) is 8.45. The summed E-state index contributed by atoms with van der Waals surface area (Å²) in [4.78, 5) is 22.1. The zero-order chi connectivity index (χ0) is 20.5. The maximum absolute atomic E-state index is 12.6. The maximum Gasteiger partial charge on any atom is 0.269 e. The number of sulfonamides is 1. The van der Waals surface area contributed by atoms with E-state index in [9.17, 15) is 13.2 Å². The van der Waals surface area contributed by atoms with E-state index in [0.29, 0.717) is 21.4 Å². The summed E-state index contributed by atoms with van der Waals surface area (Å²) in [7, 11) is -3.31. The Kier molecular flexibility index (Phi) is 5.82. The highest BCUT2D eigenvalue weighted by Crippen LogP contribution is 2.28. The molecule has 1 aromatic carbocycles. The van der Waals surface area contributed by atoms with E-state index in [-0.39, 0.29) is 11.8 Å². The van der Waals surface area contributed by atoms with Gasteiger partial charge >= 0.3 is 0 Å². The topological polar surface area (TPSA) is 101 Å². The van der Waals surface area contributed by atoms with Crippen molar-refractivity contribution in [1.82, 2.24) is 9.97 Å². The lowest BCUT2D eigenvalue weighted by atomic mass is 10.1. The lowest BCUT2D eigenvalue weighted by Gasteiger charge is -2.04. The van der Waals surface area contributed by atoms with E-state index in [0.717, 1.165) is 22.5 Å². The second kappa shape index (κ2) is 7.98. The summed E-state index contributed by atoms with van der Waals surface area (Å²) in [5, 5.41) is 6.10. The van der Waals surface area contributed by atoms with Crippen molar-refractivity contribution in [2.24, 2.45) is 0 Å². The van der Waals surface area contributed by atoms with Crippen LogP contribution in [0.25, 0.3) is 11.3 Å². The predicted molar refractivity (Wildman–Crippen MR) is 115 cm³/mol. The Labute approximate surface area is 171 Å². The van der Waals surface area contributed by atoms with Gasteiger partial charge in [0.2, 0.25) is 10.0 Å². The minimum Gasteiger partial charge on any atom is -0.297 e. The molecule has 0 saturated heterocycles. The predicted octanol–water partition coefficient (Wildman–Crippen LogP) is 4.32. The zero-order valence-electron chi connectivity index (χ0n) is 15.8. The van der Waals surface area contributed by atoms with Crippen LogP contribution in [0.2, 0.25) is 0 Å². The van der Waals surface area contributed by atoms with Gasteiger partial charge in [-0.2, -0.15) is 0 Å². The number of hydrogen-bond acceptors (Lipinski definition) is 7. The lowest BCUT2D eigenvalue weighted by molar-refractivity contribution is 0.103. The minimum atomic E-state index is -3.31. The van der Waals surface area contributed by atoms with Crippen LogP contribution < -0.4 is 10.0 Å². The third kappa shape index (κ3) is 4.94. The first-order valence-corrected chi connectivity index (χ1v) is 12.0. The molecule has 0 saturated carbocycles. The maximum atomic E-state index is 12.6. The molecule has 0 fully saturated rings. The van der Waals surface area contributed by atoms with Crippen LogP contribution in [0.4, 0.5) is 10.8 Å². The Bertz CT molecular complexity index is 1100. The lowest BCUT2D eigenvalue weighted by Crippen LogP contribution is -2.11. The molecule has 3 aromatic rings. The van der Waals surface area contributed by atoms with Crippen molar-refractivity contribution in [3.8, 4) is 11.3 Å². The van der Waals surface area contributed by atoms with Crippen LogP contribution in [0.3, 0.4) is 0 Å². The molecule has 1 amide bonds. The van der Waals surface area contributed by atoms with Crippen LogP contribution in [0.1, 0.15) is 40.1 Å². The van der Waals surface area contributed by atoms with Gasteiger partial charge in [-0.1, -0.05) is 26.0 Å². The summed E-state index contributed by atoms with van der Waals surface area (Å²) in [6.45, 7) is 5.92. The largest absolute Gasteiger partial charge is 0.297 e. The normalized spacial score (nSPS) is 11.6. The molecule has 2 N–H and O–H groups in total. The average Bonchev–Trinajstić information content (AvgIpc) is 3.21. The SMILES string of the molecule is Cc1nc(C(C)C)sc1C(=O)Nc1nc(-c2ccc(NS(C)(=O)=O)cc2)cs1. The van der Waals surface area contributed by atoms with Gasteiger partial charge in [0, 0.05) is 22.5 Å². The van der Waals surface area contributed by atoms with Crippen molar-refractivity contribution >= 4 is 49.4 Å². The van der Waals surface area contributed by atoms with Gasteiger partial charge in [-0.05, 0) is 19.1 Å². The number of anilines is 2. The molecule has 3 rings (SSSR count). The van der Waals surface area contributed by atoms with Gasteiger partial charge in [0.1, 0.15) is 4.88 Å². The van der Waals surface area contributed by atoms with Crippen molar-refractivity contribution in [2.75, 3.05) is 16.3 Å². The van der Waals surface area contributed by atoms with Crippen LogP contribution in [-0.4, -0.2) is 30.5 Å². The molecule has 0 aliphatic heterocycles. The standard InChI is InChI=1S/C18H20N4O3S3/c1-10(2)17-19-11(3)15(27-17)16(23)21-18-20-14(9-26-18)12-5-7-13(8-6-12)22-28(4,24)25/h5-10,22H,1-4H3,(H,20,21,23). The van der Waals surface area contributed by atoms with Gasteiger partial charge in [-0.25, -0.2) is 18.4 Å². The third-order valence-electron chi connectivity index (χ3n) is 3.72. The van der Waals surface area contributed by atoms with Gasteiger partial charge in [-0.3, -0.25) is 14.8 Å². The molecule has 7 nitrogen and oxygen atoms in total. The zero-order valence-corrected chi connectivity index (χ0v) is 18.3. The molecule has 28 heavy (non-hydrogen) atoms. The summed E-state index contributed by atoms with van der Waals surface area (Å²) in [5.41, 5.74) is 2.73. The Hall–Kier alpha value is -2.30.